The third-order valence-electron chi connectivity index (χ3n) is 4.74. The van der Waals surface area contributed by atoms with Gasteiger partial charge in [0.1, 0.15) is 5.54 Å². The maximum absolute atomic E-state index is 12.1. The Bertz CT molecular complexity index is 514. The minimum Gasteiger partial charge on any atom is -0.371 e. The number of nitrogens with one attached hydrogen (secondary N) is 1. The highest BCUT2D eigenvalue weighted by atomic mass is 79.9. The van der Waals surface area contributed by atoms with Gasteiger partial charge in [-0.15, -0.1) is 0 Å². The summed E-state index contributed by atoms with van der Waals surface area (Å²) in [5.41, 5.74) is 6.35. The fourth-order valence-corrected chi connectivity index (χ4v) is 3.65. The van der Waals surface area contributed by atoms with Gasteiger partial charge in [0.2, 0.25) is 5.91 Å². The third-order valence-corrected chi connectivity index (χ3v) is 5.24. The maximum Gasteiger partial charge on any atom is 0.243 e. The Balaban J connectivity index is 2.15. The summed E-state index contributed by atoms with van der Waals surface area (Å²) in [5, 5.41) is 3.40. The van der Waals surface area contributed by atoms with Crippen molar-refractivity contribution in [1.29, 1.82) is 0 Å². The lowest BCUT2D eigenvalue weighted by atomic mass is 9.67. The normalized spacial score (nSPS) is 26.4. The molecule has 0 saturated heterocycles. The first-order valence-electron chi connectivity index (χ1n) is 7.57. The monoisotopic (exact) mass is 352 g/mol. The van der Waals surface area contributed by atoms with E-state index in [0.717, 1.165) is 35.8 Å². The molecule has 0 aliphatic heterocycles. The number of carbonyl (C=O) groups is 1. The van der Waals surface area contributed by atoms with Crippen LogP contribution in [0.3, 0.4) is 0 Å². The quantitative estimate of drug-likeness (QED) is 0.850. The lowest BCUT2D eigenvalue weighted by Gasteiger charge is -2.43. The Hall–Kier alpha value is -1.03. The van der Waals surface area contributed by atoms with E-state index in [1.807, 2.05) is 24.3 Å². The van der Waals surface area contributed by atoms with Crippen molar-refractivity contribution in [2.75, 3.05) is 5.32 Å². The van der Waals surface area contributed by atoms with Crippen molar-refractivity contribution in [2.45, 2.75) is 52.0 Å². The zero-order valence-electron chi connectivity index (χ0n) is 13.1. The molecule has 21 heavy (non-hydrogen) atoms. The number of hydrogen-bond acceptors (Lipinski definition) is 2. The molecule has 1 aromatic rings. The van der Waals surface area contributed by atoms with Gasteiger partial charge in [0.25, 0.3) is 0 Å². The minimum absolute atomic E-state index is 0.241. The van der Waals surface area contributed by atoms with Crippen LogP contribution in [0.1, 0.15) is 46.5 Å². The highest BCUT2D eigenvalue weighted by Crippen LogP contribution is 2.42. The van der Waals surface area contributed by atoms with Gasteiger partial charge in [-0.2, -0.15) is 0 Å². The smallest absolute Gasteiger partial charge is 0.243 e. The van der Waals surface area contributed by atoms with Gasteiger partial charge in [0.05, 0.1) is 0 Å². The average molecular weight is 353 g/mol. The molecule has 1 saturated carbocycles. The Morgan fingerprint density at radius 3 is 2.43 bits per heavy atom. The van der Waals surface area contributed by atoms with Crippen molar-refractivity contribution in [1.82, 2.24) is 0 Å². The molecule has 1 fully saturated rings. The van der Waals surface area contributed by atoms with E-state index in [9.17, 15) is 4.79 Å². The zero-order chi connectivity index (χ0) is 15.7. The second-order valence-electron chi connectivity index (χ2n) is 7.22. The van der Waals surface area contributed by atoms with Gasteiger partial charge in [-0.1, -0.05) is 42.8 Å². The minimum atomic E-state index is -0.609. The van der Waals surface area contributed by atoms with Gasteiger partial charge in [-0.25, -0.2) is 0 Å². The Morgan fingerprint density at radius 2 is 1.95 bits per heavy atom. The van der Waals surface area contributed by atoms with Crippen LogP contribution < -0.4 is 11.1 Å². The number of anilines is 1. The van der Waals surface area contributed by atoms with E-state index in [1.54, 1.807) is 0 Å². The van der Waals surface area contributed by atoms with E-state index in [2.05, 4.69) is 42.0 Å². The molecule has 4 heteroatoms. The molecule has 1 amide bonds. The van der Waals surface area contributed by atoms with Crippen LogP contribution in [0.25, 0.3) is 0 Å². The molecule has 0 bridgehead atoms. The SMILES string of the molecule is CC(C)(C)C1CCC(Nc2cccc(Br)c2)(C(N)=O)CC1. The van der Waals surface area contributed by atoms with E-state index < -0.39 is 5.54 Å². The molecule has 1 aliphatic rings. The summed E-state index contributed by atoms with van der Waals surface area (Å²) >= 11 is 3.46. The van der Waals surface area contributed by atoms with Crippen LogP contribution in [0.2, 0.25) is 0 Å². The molecule has 0 aromatic heterocycles. The fraction of sp³-hybridized carbons (Fsp3) is 0.588. The number of primary amides is 1. The Kier molecular flexibility index (Phi) is 4.66. The van der Waals surface area contributed by atoms with E-state index in [4.69, 9.17) is 5.73 Å². The number of halogens is 1. The molecule has 0 radical (unpaired) electrons. The summed E-state index contributed by atoms with van der Waals surface area (Å²) in [6.45, 7) is 6.82. The molecule has 0 heterocycles. The van der Waals surface area contributed by atoms with Crippen LogP contribution in [0.15, 0.2) is 28.7 Å². The second-order valence-corrected chi connectivity index (χ2v) is 8.14. The number of amides is 1. The highest BCUT2D eigenvalue weighted by Gasteiger charge is 2.42. The molecule has 1 aromatic carbocycles. The summed E-state index contributed by atoms with van der Waals surface area (Å²) in [4.78, 5) is 12.1. The number of hydrogen-bond donors (Lipinski definition) is 2. The summed E-state index contributed by atoms with van der Waals surface area (Å²) in [7, 11) is 0. The molecular weight excluding hydrogens is 328 g/mol. The fourth-order valence-electron chi connectivity index (χ4n) is 3.25. The largest absolute Gasteiger partial charge is 0.371 e. The van der Waals surface area contributed by atoms with Crippen molar-refractivity contribution in [2.24, 2.45) is 17.1 Å². The third kappa shape index (κ3) is 3.79. The summed E-state index contributed by atoms with van der Waals surface area (Å²) in [5.74, 6) is 0.407. The second kappa shape index (κ2) is 5.99. The highest BCUT2D eigenvalue weighted by molar-refractivity contribution is 9.10. The topological polar surface area (TPSA) is 55.1 Å². The average Bonchev–Trinajstić information content (AvgIpc) is 2.38. The molecule has 1 aliphatic carbocycles. The summed E-state index contributed by atoms with van der Waals surface area (Å²) in [6, 6.07) is 7.90. The lowest BCUT2D eigenvalue weighted by Crippen LogP contribution is -2.53. The molecule has 3 N–H and O–H groups in total. The predicted molar refractivity (Wildman–Crippen MR) is 91.1 cm³/mol. The van der Waals surface area contributed by atoms with Gasteiger partial charge in [-0.3, -0.25) is 4.79 Å². The van der Waals surface area contributed by atoms with Crippen LogP contribution in [0.5, 0.6) is 0 Å². The number of rotatable bonds is 3. The number of benzene rings is 1. The van der Waals surface area contributed by atoms with E-state index in [1.165, 1.54) is 0 Å². The Labute approximate surface area is 135 Å². The van der Waals surface area contributed by atoms with Crippen molar-refractivity contribution in [3.63, 3.8) is 0 Å². The van der Waals surface area contributed by atoms with Gasteiger partial charge < -0.3 is 11.1 Å². The first-order chi connectivity index (χ1) is 9.73. The molecule has 0 atom stereocenters. The van der Waals surface area contributed by atoms with Crippen molar-refractivity contribution >= 4 is 27.5 Å². The zero-order valence-corrected chi connectivity index (χ0v) is 14.7. The van der Waals surface area contributed by atoms with Gasteiger partial charge >= 0.3 is 0 Å². The van der Waals surface area contributed by atoms with Crippen LogP contribution >= 0.6 is 15.9 Å². The van der Waals surface area contributed by atoms with Crippen LogP contribution in [0.4, 0.5) is 5.69 Å². The molecule has 2 rings (SSSR count). The maximum atomic E-state index is 12.1. The standard InChI is InChI=1S/C17H25BrN2O/c1-16(2,3)12-7-9-17(10-8-12,15(19)21)20-14-6-4-5-13(18)11-14/h4-6,11-12,20H,7-10H2,1-3H3,(H2,19,21). The molecule has 0 unspecified atom stereocenters. The predicted octanol–water partition coefficient (Wildman–Crippen LogP) is 4.32. The Morgan fingerprint density at radius 1 is 1.33 bits per heavy atom. The first kappa shape index (κ1) is 16.3. The van der Waals surface area contributed by atoms with Crippen molar-refractivity contribution < 1.29 is 4.79 Å². The van der Waals surface area contributed by atoms with Crippen LogP contribution in [0, 0.1) is 11.3 Å². The van der Waals surface area contributed by atoms with Crippen LogP contribution in [-0.2, 0) is 4.79 Å². The lowest BCUT2D eigenvalue weighted by molar-refractivity contribution is -0.123. The van der Waals surface area contributed by atoms with Gasteiger partial charge in [0, 0.05) is 10.2 Å². The first-order valence-corrected chi connectivity index (χ1v) is 8.36. The number of nitrogens with two attached hydrogens (primary N) is 1. The van der Waals surface area contributed by atoms with Crippen LogP contribution in [-0.4, -0.2) is 11.4 Å². The van der Waals surface area contributed by atoms with E-state index >= 15 is 0 Å². The van der Waals surface area contributed by atoms with Crippen molar-refractivity contribution in [3.05, 3.63) is 28.7 Å². The van der Waals surface area contributed by atoms with E-state index in [0.29, 0.717) is 11.3 Å². The van der Waals surface area contributed by atoms with E-state index in [-0.39, 0.29) is 5.91 Å². The van der Waals surface area contributed by atoms with Crippen molar-refractivity contribution in [3.8, 4) is 0 Å². The molecule has 3 nitrogen and oxygen atoms in total. The van der Waals surface area contributed by atoms with Gasteiger partial charge in [0.15, 0.2) is 0 Å². The molecule has 116 valence electrons. The van der Waals surface area contributed by atoms with Gasteiger partial charge in [-0.05, 0) is 55.2 Å². The summed E-state index contributed by atoms with van der Waals surface area (Å²) < 4.78 is 0.996. The summed E-state index contributed by atoms with van der Waals surface area (Å²) in [6.07, 6.45) is 3.68. The molecule has 0 spiro atoms. The molecular formula is C17H25BrN2O. The number of carbonyl (C=O) groups excluding carboxylic acids is 1.